The summed E-state index contributed by atoms with van der Waals surface area (Å²) >= 11 is 0. The van der Waals surface area contributed by atoms with Gasteiger partial charge < -0.3 is 15.0 Å². The Kier molecular flexibility index (Phi) is 3.81. The van der Waals surface area contributed by atoms with Gasteiger partial charge in [0, 0.05) is 26.6 Å². The van der Waals surface area contributed by atoms with Crippen molar-refractivity contribution in [3.63, 3.8) is 0 Å². The second kappa shape index (κ2) is 5.74. The zero-order chi connectivity index (χ0) is 13.9. The van der Waals surface area contributed by atoms with Crippen molar-refractivity contribution in [3.05, 3.63) is 5.82 Å². The summed E-state index contributed by atoms with van der Waals surface area (Å²) < 4.78 is 7.11. The Morgan fingerprint density at radius 2 is 2.35 bits per heavy atom. The van der Waals surface area contributed by atoms with Gasteiger partial charge in [0.25, 0.3) is 0 Å². The average Bonchev–Trinajstić information content (AvgIpc) is 3.23. The fourth-order valence-corrected chi connectivity index (χ4v) is 2.59. The molecule has 1 saturated heterocycles. The molecule has 8 heteroatoms. The Balaban J connectivity index is 1.49. The maximum atomic E-state index is 12.3. The highest BCUT2D eigenvalue weighted by molar-refractivity contribution is 5.74. The number of aryl methyl sites for hydroxylation is 1. The molecule has 0 spiro atoms. The third kappa shape index (κ3) is 2.90. The highest BCUT2D eigenvalue weighted by Crippen LogP contribution is 2.36. The van der Waals surface area contributed by atoms with Crippen LogP contribution in [0.25, 0.3) is 0 Å². The van der Waals surface area contributed by atoms with Crippen LogP contribution in [0.5, 0.6) is 0 Å². The molecule has 20 heavy (non-hydrogen) atoms. The van der Waals surface area contributed by atoms with E-state index in [2.05, 4.69) is 20.8 Å². The summed E-state index contributed by atoms with van der Waals surface area (Å²) in [6.45, 7) is 2.52. The molecule has 1 aliphatic carbocycles. The van der Waals surface area contributed by atoms with E-state index in [1.165, 1.54) is 12.8 Å². The van der Waals surface area contributed by atoms with Crippen LogP contribution in [0.4, 0.5) is 4.79 Å². The standard InChI is InChI=1S/C12H20N6O2/c1-17-11(14-15-16-17)4-5-13-12(19)18-6-7-20-8-10(18)9-2-3-9/h9-10H,2-8H2,1H3,(H,13,19). The lowest BCUT2D eigenvalue weighted by Crippen LogP contribution is -2.53. The number of nitrogens with zero attached hydrogens (tertiary/aromatic N) is 5. The molecule has 2 amide bonds. The molecular weight excluding hydrogens is 260 g/mol. The van der Waals surface area contributed by atoms with Gasteiger partial charge in [-0.05, 0) is 29.2 Å². The lowest BCUT2D eigenvalue weighted by atomic mass is 10.1. The molecule has 1 N–H and O–H groups in total. The molecular formula is C12H20N6O2. The molecule has 1 aliphatic heterocycles. The second-order valence-electron chi connectivity index (χ2n) is 5.37. The van der Waals surface area contributed by atoms with Crippen molar-refractivity contribution in [1.29, 1.82) is 0 Å². The number of amides is 2. The quantitative estimate of drug-likeness (QED) is 0.809. The van der Waals surface area contributed by atoms with E-state index in [1.807, 2.05) is 4.90 Å². The van der Waals surface area contributed by atoms with E-state index in [1.54, 1.807) is 11.7 Å². The first-order valence-corrected chi connectivity index (χ1v) is 7.09. The molecule has 0 bridgehead atoms. The van der Waals surface area contributed by atoms with Crippen molar-refractivity contribution >= 4 is 6.03 Å². The zero-order valence-corrected chi connectivity index (χ0v) is 11.7. The van der Waals surface area contributed by atoms with E-state index in [-0.39, 0.29) is 12.1 Å². The molecule has 1 saturated carbocycles. The third-order valence-electron chi connectivity index (χ3n) is 3.93. The van der Waals surface area contributed by atoms with Gasteiger partial charge in [0.2, 0.25) is 0 Å². The summed E-state index contributed by atoms with van der Waals surface area (Å²) in [4.78, 5) is 14.2. The number of rotatable bonds is 4. The van der Waals surface area contributed by atoms with Crippen molar-refractivity contribution in [2.75, 3.05) is 26.3 Å². The lowest BCUT2D eigenvalue weighted by molar-refractivity contribution is 0.00476. The van der Waals surface area contributed by atoms with Gasteiger partial charge in [-0.3, -0.25) is 0 Å². The van der Waals surface area contributed by atoms with E-state index < -0.39 is 0 Å². The van der Waals surface area contributed by atoms with E-state index in [4.69, 9.17) is 4.74 Å². The van der Waals surface area contributed by atoms with Crippen molar-refractivity contribution in [2.24, 2.45) is 13.0 Å². The van der Waals surface area contributed by atoms with Gasteiger partial charge in [0.05, 0.1) is 19.3 Å². The molecule has 1 aromatic rings. The number of carbonyl (C=O) groups excluding carboxylic acids is 1. The fourth-order valence-electron chi connectivity index (χ4n) is 2.59. The van der Waals surface area contributed by atoms with Gasteiger partial charge in [0.1, 0.15) is 0 Å². The van der Waals surface area contributed by atoms with Crippen LogP contribution in [0.15, 0.2) is 0 Å². The highest BCUT2D eigenvalue weighted by Gasteiger charge is 2.39. The molecule has 3 rings (SSSR count). The minimum absolute atomic E-state index is 0.000303. The number of aromatic nitrogens is 4. The van der Waals surface area contributed by atoms with Gasteiger partial charge >= 0.3 is 6.03 Å². The number of morpholine rings is 1. The first-order valence-electron chi connectivity index (χ1n) is 7.09. The van der Waals surface area contributed by atoms with Gasteiger partial charge in [0.15, 0.2) is 5.82 Å². The molecule has 8 nitrogen and oxygen atoms in total. The Morgan fingerprint density at radius 3 is 3.05 bits per heavy atom. The lowest BCUT2D eigenvalue weighted by Gasteiger charge is -2.35. The molecule has 1 aromatic heterocycles. The highest BCUT2D eigenvalue weighted by atomic mass is 16.5. The van der Waals surface area contributed by atoms with Crippen LogP contribution in [0.1, 0.15) is 18.7 Å². The van der Waals surface area contributed by atoms with Crippen LogP contribution in [-0.4, -0.2) is 63.5 Å². The molecule has 110 valence electrons. The first kappa shape index (κ1) is 13.3. The molecule has 1 unspecified atom stereocenters. The molecule has 0 aromatic carbocycles. The smallest absolute Gasteiger partial charge is 0.317 e. The Labute approximate surface area is 117 Å². The number of hydrogen-bond acceptors (Lipinski definition) is 5. The van der Waals surface area contributed by atoms with E-state index in [0.717, 1.165) is 5.82 Å². The number of carbonyl (C=O) groups is 1. The topological polar surface area (TPSA) is 85.2 Å². The summed E-state index contributed by atoms with van der Waals surface area (Å²) in [6.07, 6.45) is 3.05. The molecule has 0 radical (unpaired) electrons. The van der Waals surface area contributed by atoms with Crippen LogP contribution in [0, 0.1) is 5.92 Å². The second-order valence-corrected chi connectivity index (χ2v) is 5.37. The minimum Gasteiger partial charge on any atom is -0.377 e. The molecule has 2 aliphatic rings. The normalized spacial score (nSPS) is 22.9. The van der Waals surface area contributed by atoms with Gasteiger partial charge in [-0.2, -0.15) is 0 Å². The van der Waals surface area contributed by atoms with Gasteiger partial charge in [-0.15, -0.1) is 5.10 Å². The molecule has 1 atom stereocenters. The number of nitrogens with one attached hydrogen (secondary N) is 1. The Morgan fingerprint density at radius 1 is 1.50 bits per heavy atom. The number of ether oxygens (including phenoxy) is 1. The van der Waals surface area contributed by atoms with Crippen LogP contribution < -0.4 is 5.32 Å². The number of urea groups is 1. The summed E-state index contributed by atoms with van der Waals surface area (Å²) in [5.41, 5.74) is 0. The van der Waals surface area contributed by atoms with E-state index >= 15 is 0 Å². The van der Waals surface area contributed by atoms with Gasteiger partial charge in [-0.25, -0.2) is 9.48 Å². The predicted octanol–water partition coefficient (Wildman–Crippen LogP) is -0.427. The van der Waals surface area contributed by atoms with Crippen LogP contribution in [0.2, 0.25) is 0 Å². The molecule has 2 heterocycles. The maximum Gasteiger partial charge on any atom is 0.317 e. The monoisotopic (exact) mass is 280 g/mol. The zero-order valence-electron chi connectivity index (χ0n) is 11.7. The van der Waals surface area contributed by atoms with Crippen molar-refractivity contribution < 1.29 is 9.53 Å². The largest absolute Gasteiger partial charge is 0.377 e. The van der Waals surface area contributed by atoms with Gasteiger partial charge in [-0.1, -0.05) is 0 Å². The minimum atomic E-state index is 0.000303. The predicted molar refractivity (Wildman–Crippen MR) is 69.9 cm³/mol. The SMILES string of the molecule is Cn1nnnc1CCNC(=O)N1CCOCC1C1CC1. The van der Waals surface area contributed by atoms with Crippen molar-refractivity contribution in [3.8, 4) is 0 Å². The Bertz CT molecular complexity index is 472. The summed E-state index contributed by atoms with van der Waals surface area (Å²) in [5.74, 6) is 1.40. The number of hydrogen-bond donors (Lipinski definition) is 1. The summed E-state index contributed by atoms with van der Waals surface area (Å²) in [7, 11) is 1.79. The van der Waals surface area contributed by atoms with E-state index in [9.17, 15) is 4.79 Å². The number of tetrazole rings is 1. The van der Waals surface area contributed by atoms with Crippen molar-refractivity contribution in [1.82, 2.24) is 30.4 Å². The Hall–Kier alpha value is -1.70. The van der Waals surface area contributed by atoms with Crippen LogP contribution in [0.3, 0.4) is 0 Å². The van der Waals surface area contributed by atoms with Crippen LogP contribution in [-0.2, 0) is 18.2 Å². The molecule has 2 fully saturated rings. The average molecular weight is 280 g/mol. The van der Waals surface area contributed by atoms with Crippen LogP contribution >= 0.6 is 0 Å². The summed E-state index contributed by atoms with van der Waals surface area (Å²) in [5, 5.41) is 14.2. The van der Waals surface area contributed by atoms with E-state index in [0.29, 0.717) is 38.6 Å². The van der Waals surface area contributed by atoms with Crippen molar-refractivity contribution in [2.45, 2.75) is 25.3 Å². The maximum absolute atomic E-state index is 12.3. The third-order valence-corrected chi connectivity index (χ3v) is 3.93. The fraction of sp³-hybridized carbons (Fsp3) is 0.833. The first-order chi connectivity index (χ1) is 9.75. The summed E-state index contributed by atoms with van der Waals surface area (Å²) in [6, 6.07) is 0.251.